The molecule has 0 saturated carbocycles. The second-order valence-electron chi connectivity index (χ2n) is 4.56. The Hall–Kier alpha value is -2.18. The average Bonchev–Trinajstić information content (AvgIpc) is 3.16. The van der Waals surface area contributed by atoms with Gasteiger partial charge in [-0.15, -0.1) is 0 Å². The SMILES string of the molecule is CC(O)c1cccc(OCc2nc(-c3ccsc3)no2)c1. The van der Waals surface area contributed by atoms with Crippen molar-refractivity contribution in [1.29, 1.82) is 0 Å². The molecule has 3 aromatic rings. The minimum atomic E-state index is -0.526. The summed E-state index contributed by atoms with van der Waals surface area (Å²) >= 11 is 1.58. The third kappa shape index (κ3) is 3.29. The first-order chi connectivity index (χ1) is 10.2. The largest absolute Gasteiger partial charge is 0.484 e. The number of ether oxygens (including phenoxy) is 1. The topological polar surface area (TPSA) is 68.4 Å². The molecule has 0 aliphatic rings. The summed E-state index contributed by atoms with van der Waals surface area (Å²) in [6.45, 7) is 1.91. The zero-order chi connectivity index (χ0) is 14.7. The van der Waals surface area contributed by atoms with Crippen LogP contribution in [0.5, 0.6) is 5.75 Å². The van der Waals surface area contributed by atoms with Gasteiger partial charge in [-0.25, -0.2) is 0 Å². The van der Waals surface area contributed by atoms with E-state index in [1.165, 1.54) is 0 Å². The van der Waals surface area contributed by atoms with Crippen LogP contribution in [-0.4, -0.2) is 15.2 Å². The van der Waals surface area contributed by atoms with Crippen LogP contribution >= 0.6 is 11.3 Å². The molecule has 5 nitrogen and oxygen atoms in total. The average molecular weight is 302 g/mol. The van der Waals surface area contributed by atoms with Gasteiger partial charge in [0.05, 0.1) is 6.10 Å². The highest BCUT2D eigenvalue weighted by Crippen LogP contribution is 2.21. The molecule has 21 heavy (non-hydrogen) atoms. The minimum absolute atomic E-state index is 0.195. The van der Waals surface area contributed by atoms with Gasteiger partial charge >= 0.3 is 0 Å². The lowest BCUT2D eigenvalue weighted by atomic mass is 10.1. The fourth-order valence-electron chi connectivity index (χ4n) is 1.83. The molecule has 0 saturated heterocycles. The van der Waals surface area contributed by atoms with E-state index in [0.29, 0.717) is 17.5 Å². The normalized spacial score (nSPS) is 12.3. The molecule has 0 aliphatic heterocycles. The molecule has 6 heteroatoms. The molecule has 3 rings (SSSR count). The van der Waals surface area contributed by atoms with Crippen LogP contribution in [0, 0.1) is 0 Å². The number of aromatic nitrogens is 2. The van der Waals surface area contributed by atoms with Crippen molar-refractivity contribution < 1.29 is 14.4 Å². The smallest absolute Gasteiger partial charge is 0.264 e. The highest BCUT2D eigenvalue weighted by atomic mass is 32.1. The Labute approximate surface area is 125 Å². The van der Waals surface area contributed by atoms with Gasteiger partial charge in [0.15, 0.2) is 6.61 Å². The maximum atomic E-state index is 9.55. The summed E-state index contributed by atoms with van der Waals surface area (Å²) in [5, 5.41) is 17.4. The van der Waals surface area contributed by atoms with Crippen LogP contribution in [0.4, 0.5) is 0 Å². The van der Waals surface area contributed by atoms with Crippen LogP contribution in [0.1, 0.15) is 24.5 Å². The van der Waals surface area contributed by atoms with Crippen LogP contribution in [0.3, 0.4) is 0 Å². The van der Waals surface area contributed by atoms with E-state index in [1.807, 2.05) is 35.0 Å². The molecule has 1 N–H and O–H groups in total. The Kier molecular flexibility index (Phi) is 3.98. The molecule has 0 amide bonds. The van der Waals surface area contributed by atoms with Gasteiger partial charge in [0, 0.05) is 10.9 Å². The summed E-state index contributed by atoms with van der Waals surface area (Å²) in [5.74, 6) is 1.63. The van der Waals surface area contributed by atoms with Crippen molar-refractivity contribution in [3.05, 3.63) is 52.5 Å². The molecule has 1 aromatic carbocycles. The summed E-state index contributed by atoms with van der Waals surface area (Å²) in [7, 11) is 0. The van der Waals surface area contributed by atoms with Gasteiger partial charge in [0.2, 0.25) is 5.82 Å². The maximum absolute atomic E-state index is 9.55. The number of thiophene rings is 1. The summed E-state index contributed by atoms with van der Waals surface area (Å²) < 4.78 is 10.8. The second-order valence-corrected chi connectivity index (χ2v) is 5.34. The van der Waals surface area contributed by atoms with Crippen molar-refractivity contribution >= 4 is 11.3 Å². The van der Waals surface area contributed by atoms with Crippen LogP contribution in [0.15, 0.2) is 45.6 Å². The predicted molar refractivity (Wildman–Crippen MR) is 79.0 cm³/mol. The number of aliphatic hydroxyl groups is 1. The molecule has 0 spiro atoms. The predicted octanol–water partition coefficient (Wildman–Crippen LogP) is 3.43. The highest BCUT2D eigenvalue weighted by Gasteiger charge is 2.10. The van der Waals surface area contributed by atoms with E-state index in [0.717, 1.165) is 11.1 Å². The van der Waals surface area contributed by atoms with E-state index in [9.17, 15) is 5.11 Å². The van der Waals surface area contributed by atoms with Gasteiger partial charge in [-0.1, -0.05) is 17.3 Å². The first-order valence-corrected chi connectivity index (χ1v) is 7.42. The summed E-state index contributed by atoms with van der Waals surface area (Å²) in [5.41, 5.74) is 1.74. The molecule has 2 aromatic heterocycles. The standard InChI is InChI=1S/C15H14N2O3S/c1-10(18)11-3-2-4-13(7-11)19-8-14-16-15(17-20-14)12-5-6-21-9-12/h2-7,9-10,18H,8H2,1H3. The summed E-state index contributed by atoms with van der Waals surface area (Å²) in [6, 6.07) is 9.23. The Morgan fingerprint density at radius 3 is 3.05 bits per heavy atom. The third-order valence-electron chi connectivity index (χ3n) is 2.95. The van der Waals surface area contributed by atoms with Gasteiger partial charge in [0.25, 0.3) is 5.89 Å². The van der Waals surface area contributed by atoms with E-state index in [4.69, 9.17) is 9.26 Å². The molecule has 0 radical (unpaired) electrons. The van der Waals surface area contributed by atoms with E-state index >= 15 is 0 Å². The molecule has 108 valence electrons. The molecule has 0 bridgehead atoms. The van der Waals surface area contributed by atoms with E-state index in [-0.39, 0.29) is 6.61 Å². The molecule has 1 atom stereocenters. The van der Waals surface area contributed by atoms with E-state index in [2.05, 4.69) is 10.1 Å². The molecule has 0 fully saturated rings. The zero-order valence-corrected chi connectivity index (χ0v) is 12.2. The maximum Gasteiger partial charge on any atom is 0.264 e. The first-order valence-electron chi connectivity index (χ1n) is 6.48. The van der Waals surface area contributed by atoms with E-state index in [1.54, 1.807) is 24.3 Å². The lowest BCUT2D eigenvalue weighted by Gasteiger charge is -2.07. The van der Waals surface area contributed by atoms with E-state index < -0.39 is 6.10 Å². The van der Waals surface area contributed by atoms with Gasteiger partial charge in [-0.3, -0.25) is 0 Å². The highest BCUT2D eigenvalue weighted by molar-refractivity contribution is 7.08. The number of benzene rings is 1. The third-order valence-corrected chi connectivity index (χ3v) is 3.63. The van der Waals surface area contributed by atoms with Gasteiger partial charge in [-0.05, 0) is 36.1 Å². The lowest BCUT2D eigenvalue weighted by Crippen LogP contribution is -1.97. The minimum Gasteiger partial charge on any atom is -0.484 e. The number of hydrogen-bond donors (Lipinski definition) is 1. The van der Waals surface area contributed by atoms with Gasteiger partial charge in [0.1, 0.15) is 5.75 Å². The van der Waals surface area contributed by atoms with Gasteiger partial charge < -0.3 is 14.4 Å². The Bertz CT molecular complexity index is 707. The fourth-order valence-corrected chi connectivity index (χ4v) is 2.47. The van der Waals surface area contributed by atoms with Crippen molar-refractivity contribution in [1.82, 2.24) is 10.1 Å². The van der Waals surface area contributed by atoms with Crippen LogP contribution in [0.25, 0.3) is 11.4 Å². The molecule has 0 aliphatic carbocycles. The second kappa shape index (κ2) is 6.07. The molecular formula is C15H14N2O3S. The Balaban J connectivity index is 1.67. The number of nitrogens with zero attached hydrogens (tertiary/aromatic N) is 2. The number of aliphatic hydroxyl groups excluding tert-OH is 1. The van der Waals surface area contributed by atoms with Crippen molar-refractivity contribution in [2.75, 3.05) is 0 Å². The fraction of sp³-hybridized carbons (Fsp3) is 0.200. The van der Waals surface area contributed by atoms with Crippen molar-refractivity contribution in [3.63, 3.8) is 0 Å². The number of hydrogen-bond acceptors (Lipinski definition) is 6. The molecule has 2 heterocycles. The summed E-state index contributed by atoms with van der Waals surface area (Å²) in [4.78, 5) is 4.28. The first kappa shape index (κ1) is 13.8. The van der Waals surface area contributed by atoms with Crippen molar-refractivity contribution in [3.8, 4) is 17.1 Å². The zero-order valence-electron chi connectivity index (χ0n) is 11.4. The van der Waals surface area contributed by atoms with Gasteiger partial charge in [-0.2, -0.15) is 16.3 Å². The van der Waals surface area contributed by atoms with Crippen molar-refractivity contribution in [2.45, 2.75) is 19.6 Å². The molecular weight excluding hydrogens is 288 g/mol. The monoisotopic (exact) mass is 302 g/mol. The lowest BCUT2D eigenvalue weighted by molar-refractivity contribution is 0.197. The summed E-state index contributed by atoms with van der Waals surface area (Å²) in [6.07, 6.45) is -0.526. The van der Waals surface area contributed by atoms with Crippen LogP contribution in [-0.2, 0) is 6.61 Å². The van der Waals surface area contributed by atoms with Crippen LogP contribution in [0.2, 0.25) is 0 Å². The van der Waals surface area contributed by atoms with Crippen LogP contribution < -0.4 is 4.74 Å². The van der Waals surface area contributed by atoms with Crippen molar-refractivity contribution in [2.24, 2.45) is 0 Å². The number of rotatable bonds is 5. The molecule has 1 unspecified atom stereocenters. The quantitative estimate of drug-likeness (QED) is 0.782. The Morgan fingerprint density at radius 1 is 1.38 bits per heavy atom. The Morgan fingerprint density at radius 2 is 2.29 bits per heavy atom.